The summed E-state index contributed by atoms with van der Waals surface area (Å²) >= 11 is 0. The first-order valence-corrected chi connectivity index (χ1v) is 7.00. The molecule has 0 heteroatoms. The van der Waals surface area contributed by atoms with Crippen LogP contribution in [0.2, 0.25) is 0 Å². The van der Waals surface area contributed by atoms with E-state index < -0.39 is 0 Å². The second kappa shape index (κ2) is 4.15. The second-order valence-corrected chi connectivity index (χ2v) is 6.40. The van der Waals surface area contributed by atoms with E-state index in [1.54, 1.807) is 11.1 Å². The highest BCUT2D eigenvalue weighted by atomic mass is 14.5. The molecule has 0 unspecified atom stereocenters. The van der Waals surface area contributed by atoms with Gasteiger partial charge in [-0.1, -0.05) is 39.8 Å². The maximum absolute atomic E-state index is 2.40. The minimum absolute atomic E-state index is 0.408. The highest BCUT2D eigenvalue weighted by Gasteiger charge is 2.44. The summed E-state index contributed by atoms with van der Waals surface area (Å²) in [6.07, 6.45) is 2.61. The number of fused-ring (bicyclic) bond motifs is 1. The van der Waals surface area contributed by atoms with Crippen molar-refractivity contribution in [1.29, 1.82) is 0 Å². The molecule has 0 aliphatic heterocycles. The first-order chi connectivity index (χ1) is 7.91. The van der Waals surface area contributed by atoms with Gasteiger partial charge in [-0.2, -0.15) is 0 Å². The lowest BCUT2D eigenvalue weighted by Gasteiger charge is -2.40. The summed E-state index contributed by atoms with van der Waals surface area (Å²) in [6, 6.07) is 4.61. The van der Waals surface area contributed by atoms with Gasteiger partial charge >= 0.3 is 0 Å². The van der Waals surface area contributed by atoms with E-state index in [9.17, 15) is 0 Å². The molecule has 0 saturated heterocycles. The van der Waals surface area contributed by atoms with Gasteiger partial charge in [0.05, 0.1) is 0 Å². The Balaban J connectivity index is 2.69. The Bertz CT molecular complexity index is 416. The van der Waals surface area contributed by atoms with Crippen molar-refractivity contribution in [2.45, 2.75) is 59.8 Å². The normalized spacial score (nSPS) is 17.9. The van der Waals surface area contributed by atoms with E-state index in [1.807, 2.05) is 0 Å². The quantitative estimate of drug-likeness (QED) is 0.684. The Labute approximate surface area is 106 Å². The third kappa shape index (κ3) is 1.64. The molecule has 0 aromatic heterocycles. The molecular weight excluding hydrogens is 204 g/mol. The lowest BCUT2D eigenvalue weighted by atomic mass is 9.64. The van der Waals surface area contributed by atoms with Crippen LogP contribution in [0.1, 0.15) is 56.4 Å². The van der Waals surface area contributed by atoms with Crippen LogP contribution in [0.15, 0.2) is 12.1 Å². The zero-order valence-corrected chi connectivity index (χ0v) is 12.2. The van der Waals surface area contributed by atoms with Gasteiger partial charge in [-0.3, -0.25) is 0 Å². The lowest BCUT2D eigenvalue weighted by molar-refractivity contribution is 0.217. The van der Waals surface area contributed by atoms with Crippen LogP contribution in [0.5, 0.6) is 0 Å². The van der Waals surface area contributed by atoms with E-state index >= 15 is 0 Å². The Morgan fingerprint density at radius 1 is 0.941 bits per heavy atom. The fraction of sp³-hybridized carbons (Fsp3) is 0.647. The highest BCUT2D eigenvalue weighted by Crippen LogP contribution is 2.51. The van der Waals surface area contributed by atoms with Crippen molar-refractivity contribution in [3.63, 3.8) is 0 Å². The van der Waals surface area contributed by atoms with Crippen molar-refractivity contribution in [3.8, 4) is 0 Å². The van der Waals surface area contributed by atoms with Crippen LogP contribution in [-0.4, -0.2) is 0 Å². The minimum Gasteiger partial charge on any atom is -0.0619 e. The first-order valence-electron chi connectivity index (χ1n) is 7.00. The van der Waals surface area contributed by atoms with Crippen molar-refractivity contribution >= 4 is 0 Å². The average molecular weight is 230 g/mol. The van der Waals surface area contributed by atoms with Gasteiger partial charge in [0.15, 0.2) is 0 Å². The van der Waals surface area contributed by atoms with Gasteiger partial charge in [-0.15, -0.1) is 0 Å². The predicted octanol–water partition coefficient (Wildman–Crippen LogP) is 4.80. The Kier molecular flexibility index (Phi) is 3.10. The van der Waals surface area contributed by atoms with E-state index in [4.69, 9.17) is 0 Å². The molecule has 0 spiro atoms. The van der Waals surface area contributed by atoms with Crippen molar-refractivity contribution in [1.82, 2.24) is 0 Å². The van der Waals surface area contributed by atoms with Crippen molar-refractivity contribution in [3.05, 3.63) is 34.4 Å². The van der Waals surface area contributed by atoms with E-state index in [0.29, 0.717) is 5.41 Å². The number of benzene rings is 1. The molecule has 1 aliphatic rings. The van der Waals surface area contributed by atoms with E-state index in [1.165, 1.54) is 24.0 Å². The number of hydrogen-bond donors (Lipinski definition) is 0. The maximum Gasteiger partial charge on any atom is 0.000755 e. The van der Waals surface area contributed by atoms with Crippen LogP contribution >= 0.6 is 0 Å². The molecule has 0 heterocycles. The van der Waals surface area contributed by atoms with Gasteiger partial charge in [-0.25, -0.2) is 0 Å². The lowest BCUT2D eigenvalue weighted by Crippen LogP contribution is -2.36. The van der Waals surface area contributed by atoms with Crippen molar-refractivity contribution in [2.75, 3.05) is 0 Å². The summed E-state index contributed by atoms with van der Waals surface area (Å²) in [5.41, 5.74) is 6.74. The third-order valence-electron chi connectivity index (χ3n) is 5.07. The Hall–Kier alpha value is -0.780. The zero-order valence-electron chi connectivity index (χ0n) is 12.2. The smallest absolute Gasteiger partial charge is 0.000755 e. The van der Waals surface area contributed by atoms with Crippen LogP contribution < -0.4 is 0 Å². The van der Waals surface area contributed by atoms with E-state index in [0.717, 1.165) is 11.8 Å². The van der Waals surface area contributed by atoms with E-state index in [2.05, 4.69) is 53.7 Å². The second-order valence-electron chi connectivity index (χ2n) is 6.40. The molecule has 1 aromatic rings. The summed E-state index contributed by atoms with van der Waals surface area (Å²) < 4.78 is 0. The first kappa shape index (κ1) is 12.7. The molecule has 2 rings (SSSR count). The van der Waals surface area contributed by atoms with Gasteiger partial charge in [0.1, 0.15) is 0 Å². The molecule has 17 heavy (non-hydrogen) atoms. The molecular formula is C17H26. The summed E-state index contributed by atoms with van der Waals surface area (Å²) in [6.45, 7) is 14.2. The van der Waals surface area contributed by atoms with Gasteiger partial charge in [0.25, 0.3) is 0 Å². The van der Waals surface area contributed by atoms with Crippen molar-refractivity contribution in [2.24, 2.45) is 11.8 Å². The standard InChI is InChI=1S/C17H26/c1-11(2)17(12(3)4)10-9-15-13(5)7-8-14(6)16(15)17/h7-8,11-12H,9-10H2,1-6H3. The number of hydrogen-bond acceptors (Lipinski definition) is 0. The maximum atomic E-state index is 2.40. The molecule has 0 saturated carbocycles. The fourth-order valence-corrected chi connectivity index (χ4v) is 4.12. The molecule has 0 bridgehead atoms. The summed E-state index contributed by atoms with van der Waals surface area (Å²) in [4.78, 5) is 0. The van der Waals surface area contributed by atoms with Crippen molar-refractivity contribution < 1.29 is 0 Å². The fourth-order valence-electron chi connectivity index (χ4n) is 4.12. The third-order valence-corrected chi connectivity index (χ3v) is 5.07. The summed E-state index contributed by atoms with van der Waals surface area (Å²) in [5.74, 6) is 1.45. The molecule has 1 aliphatic carbocycles. The van der Waals surface area contributed by atoms with Gasteiger partial charge in [-0.05, 0) is 60.8 Å². The van der Waals surface area contributed by atoms with Crippen LogP contribution in [0.3, 0.4) is 0 Å². The zero-order chi connectivity index (χ0) is 12.8. The highest BCUT2D eigenvalue weighted by molar-refractivity contribution is 5.49. The van der Waals surface area contributed by atoms with Crippen LogP contribution in [0, 0.1) is 25.7 Å². The molecule has 0 radical (unpaired) electrons. The molecule has 0 N–H and O–H groups in total. The summed E-state index contributed by atoms with van der Waals surface area (Å²) in [5, 5.41) is 0. The molecule has 0 amide bonds. The molecule has 0 nitrogen and oxygen atoms in total. The monoisotopic (exact) mass is 230 g/mol. The molecule has 0 atom stereocenters. The van der Waals surface area contributed by atoms with Gasteiger partial charge < -0.3 is 0 Å². The van der Waals surface area contributed by atoms with Gasteiger partial charge in [0.2, 0.25) is 0 Å². The number of rotatable bonds is 2. The topological polar surface area (TPSA) is 0 Å². The average Bonchev–Trinajstić information content (AvgIpc) is 2.65. The minimum atomic E-state index is 0.408. The van der Waals surface area contributed by atoms with E-state index in [-0.39, 0.29) is 0 Å². The van der Waals surface area contributed by atoms with Gasteiger partial charge in [0, 0.05) is 5.41 Å². The molecule has 94 valence electrons. The molecule has 0 fully saturated rings. The van der Waals surface area contributed by atoms with Crippen LogP contribution in [0.25, 0.3) is 0 Å². The largest absolute Gasteiger partial charge is 0.0619 e. The Morgan fingerprint density at radius 3 is 2.00 bits per heavy atom. The summed E-state index contributed by atoms with van der Waals surface area (Å²) in [7, 11) is 0. The molecule has 1 aromatic carbocycles. The predicted molar refractivity (Wildman–Crippen MR) is 75.6 cm³/mol. The Morgan fingerprint density at radius 2 is 1.47 bits per heavy atom. The SMILES string of the molecule is Cc1ccc(C)c2c1CCC2(C(C)C)C(C)C. The number of aryl methyl sites for hydroxylation is 2. The van der Waals surface area contributed by atoms with Crippen LogP contribution in [-0.2, 0) is 11.8 Å². The van der Waals surface area contributed by atoms with Crippen LogP contribution in [0.4, 0.5) is 0 Å².